The summed E-state index contributed by atoms with van der Waals surface area (Å²) in [5.41, 5.74) is 14.6. The van der Waals surface area contributed by atoms with Crippen LogP contribution in [0.25, 0.3) is 32.9 Å². The highest BCUT2D eigenvalue weighted by atomic mass is 16.2. The zero-order valence-corrected chi connectivity index (χ0v) is 20.4. The molecule has 178 valence electrons. The van der Waals surface area contributed by atoms with E-state index >= 15 is 0 Å². The van der Waals surface area contributed by atoms with Crippen molar-refractivity contribution in [2.24, 2.45) is 5.73 Å². The minimum atomic E-state index is -0.471. The Kier molecular flexibility index (Phi) is 4.93. The number of nitrogens with one attached hydrogen (secondary N) is 1. The van der Waals surface area contributed by atoms with Crippen molar-refractivity contribution in [3.05, 3.63) is 94.8 Å². The summed E-state index contributed by atoms with van der Waals surface area (Å²) in [5, 5.41) is 1.99. The fourth-order valence-electron chi connectivity index (χ4n) is 5.36. The van der Waals surface area contributed by atoms with Crippen LogP contribution in [0.3, 0.4) is 0 Å². The summed E-state index contributed by atoms with van der Waals surface area (Å²) in [5.74, 6) is -0.130. The number of fused-ring (bicyclic) bond motifs is 4. The maximum atomic E-state index is 13.2. The zero-order valence-electron chi connectivity index (χ0n) is 20.4. The topological polar surface area (TPSA) is 92.1 Å². The van der Waals surface area contributed by atoms with Crippen LogP contribution in [-0.4, -0.2) is 21.8 Å². The molecule has 5 aromatic rings. The first-order valence-corrected chi connectivity index (χ1v) is 12.1. The molecule has 0 unspecified atom stereocenters. The van der Waals surface area contributed by atoms with Crippen molar-refractivity contribution < 1.29 is 9.59 Å². The van der Waals surface area contributed by atoms with Crippen molar-refractivity contribution in [3.63, 3.8) is 0 Å². The fourth-order valence-corrected chi connectivity index (χ4v) is 5.36. The first-order chi connectivity index (χ1) is 17.3. The van der Waals surface area contributed by atoms with Gasteiger partial charge in [0.15, 0.2) is 0 Å². The Morgan fingerprint density at radius 1 is 1.06 bits per heavy atom. The Labute approximate surface area is 208 Å². The molecule has 6 heteroatoms. The highest BCUT2D eigenvalue weighted by Gasteiger charge is 2.30. The average molecular weight is 475 g/mol. The monoisotopic (exact) mass is 474 g/mol. The van der Waals surface area contributed by atoms with Crippen molar-refractivity contribution in [2.45, 2.75) is 33.2 Å². The highest BCUT2D eigenvalue weighted by Crippen LogP contribution is 2.41. The number of primary amides is 1. The Morgan fingerprint density at radius 2 is 1.89 bits per heavy atom. The quantitative estimate of drug-likeness (QED) is 0.331. The van der Waals surface area contributed by atoms with Gasteiger partial charge in [0.05, 0.1) is 23.2 Å². The largest absolute Gasteiger partial charge is 0.366 e. The lowest BCUT2D eigenvalue weighted by Gasteiger charge is -2.21. The van der Waals surface area contributed by atoms with Crippen molar-refractivity contribution in [2.75, 3.05) is 4.90 Å². The van der Waals surface area contributed by atoms with Gasteiger partial charge in [-0.3, -0.25) is 14.6 Å². The number of benzene rings is 3. The molecule has 2 aromatic heterocycles. The second-order valence-corrected chi connectivity index (χ2v) is 9.73. The summed E-state index contributed by atoms with van der Waals surface area (Å²) in [6, 6.07) is 18.1. The van der Waals surface area contributed by atoms with Crippen LogP contribution in [0.4, 0.5) is 5.69 Å². The molecular formula is C30H26N4O2. The Balaban J connectivity index is 1.57. The Hall–Kier alpha value is -4.45. The van der Waals surface area contributed by atoms with Crippen LogP contribution in [0, 0.1) is 6.92 Å². The van der Waals surface area contributed by atoms with E-state index in [0.717, 1.165) is 49.7 Å². The van der Waals surface area contributed by atoms with Gasteiger partial charge in [-0.2, -0.15) is 0 Å². The van der Waals surface area contributed by atoms with Gasteiger partial charge in [-0.1, -0.05) is 44.2 Å². The number of amides is 2. The maximum Gasteiger partial charge on any atom is 0.260 e. The number of carbonyl (C=O) groups is 2. The number of pyridine rings is 1. The molecule has 3 aromatic carbocycles. The van der Waals surface area contributed by atoms with Crippen LogP contribution in [0.1, 0.15) is 57.2 Å². The van der Waals surface area contributed by atoms with Gasteiger partial charge in [0.25, 0.3) is 11.8 Å². The molecule has 0 saturated carbocycles. The number of nitrogens with two attached hydrogens (primary N) is 1. The zero-order chi connectivity index (χ0) is 25.1. The number of aromatic amines is 1. The van der Waals surface area contributed by atoms with Crippen LogP contribution in [0.5, 0.6) is 0 Å². The molecule has 0 atom stereocenters. The molecule has 0 radical (unpaired) electrons. The third kappa shape index (κ3) is 3.22. The van der Waals surface area contributed by atoms with E-state index in [1.165, 1.54) is 5.56 Å². The molecule has 3 heterocycles. The summed E-state index contributed by atoms with van der Waals surface area (Å²) in [4.78, 5) is 34.9. The maximum absolute atomic E-state index is 13.2. The molecular weight excluding hydrogens is 448 g/mol. The van der Waals surface area contributed by atoms with Crippen LogP contribution < -0.4 is 10.6 Å². The molecule has 3 N–H and O–H groups in total. The lowest BCUT2D eigenvalue weighted by Crippen LogP contribution is -2.24. The molecule has 0 fully saturated rings. The van der Waals surface area contributed by atoms with Gasteiger partial charge in [0, 0.05) is 34.4 Å². The number of aromatic nitrogens is 2. The first kappa shape index (κ1) is 22.0. The smallest absolute Gasteiger partial charge is 0.260 e. The van der Waals surface area contributed by atoms with Gasteiger partial charge >= 0.3 is 0 Å². The normalized spacial score (nSPS) is 13.2. The van der Waals surface area contributed by atoms with E-state index in [2.05, 4.69) is 48.1 Å². The Morgan fingerprint density at radius 3 is 2.64 bits per heavy atom. The number of hydrogen-bond donors (Lipinski definition) is 2. The number of carbonyl (C=O) groups excluding carboxylic acids is 2. The van der Waals surface area contributed by atoms with Crippen LogP contribution in [-0.2, 0) is 6.54 Å². The highest BCUT2D eigenvalue weighted by molar-refractivity contribution is 6.20. The molecule has 6 rings (SSSR count). The minimum Gasteiger partial charge on any atom is -0.366 e. The van der Waals surface area contributed by atoms with E-state index in [-0.39, 0.29) is 5.91 Å². The van der Waals surface area contributed by atoms with E-state index < -0.39 is 5.91 Å². The number of H-pyrrole nitrogens is 1. The molecule has 36 heavy (non-hydrogen) atoms. The van der Waals surface area contributed by atoms with Gasteiger partial charge in [-0.25, -0.2) is 0 Å². The van der Waals surface area contributed by atoms with Gasteiger partial charge in [-0.05, 0) is 64.9 Å². The lowest BCUT2D eigenvalue weighted by molar-refractivity contribution is 0.0990. The number of anilines is 1. The van der Waals surface area contributed by atoms with E-state index in [1.54, 1.807) is 18.5 Å². The van der Waals surface area contributed by atoms with E-state index in [9.17, 15) is 9.59 Å². The van der Waals surface area contributed by atoms with Gasteiger partial charge < -0.3 is 15.6 Å². The van der Waals surface area contributed by atoms with Gasteiger partial charge in [0.1, 0.15) is 0 Å². The molecule has 0 bridgehead atoms. The molecule has 0 spiro atoms. The second-order valence-electron chi connectivity index (χ2n) is 9.73. The summed E-state index contributed by atoms with van der Waals surface area (Å²) in [6.45, 7) is 6.88. The number of hydrogen-bond acceptors (Lipinski definition) is 3. The van der Waals surface area contributed by atoms with Gasteiger partial charge in [0.2, 0.25) is 0 Å². The molecule has 0 aliphatic carbocycles. The van der Waals surface area contributed by atoms with Crippen molar-refractivity contribution >= 4 is 39.3 Å². The SMILES string of the molecule is Cc1c(-c2ccc(C(N)=O)c3[nH]c4cc(C(C)C)ccc4c23)cccc1N1Cc2ccncc2C1=O. The third-order valence-corrected chi connectivity index (χ3v) is 7.31. The fraction of sp³-hybridized carbons (Fsp3) is 0.167. The van der Waals surface area contributed by atoms with Crippen LogP contribution >= 0.6 is 0 Å². The number of rotatable bonds is 4. The van der Waals surface area contributed by atoms with Crippen LogP contribution in [0.15, 0.2) is 67.0 Å². The molecule has 1 aliphatic rings. The summed E-state index contributed by atoms with van der Waals surface area (Å²) in [7, 11) is 0. The Bertz CT molecular complexity index is 1710. The van der Waals surface area contributed by atoms with E-state index in [1.807, 2.05) is 36.1 Å². The van der Waals surface area contributed by atoms with E-state index in [0.29, 0.717) is 23.6 Å². The number of nitrogens with zero attached hydrogens (tertiary/aromatic N) is 2. The molecule has 6 nitrogen and oxygen atoms in total. The first-order valence-electron chi connectivity index (χ1n) is 12.1. The van der Waals surface area contributed by atoms with Crippen molar-refractivity contribution in [1.29, 1.82) is 0 Å². The lowest BCUT2D eigenvalue weighted by atomic mass is 9.92. The standard InChI is InChI=1S/C30H26N4O2/c1-16(2)18-7-8-22-25(13-18)33-28-23(29(31)35)10-9-21(27(22)28)20-5-4-6-26(17(20)3)34-15-19-11-12-32-14-24(19)30(34)36/h4-14,16,33H,15H2,1-3H3,(H2,31,35). The average Bonchev–Trinajstić information content (AvgIpc) is 3.41. The van der Waals surface area contributed by atoms with Crippen molar-refractivity contribution in [3.8, 4) is 11.1 Å². The molecule has 0 saturated heterocycles. The molecule has 1 aliphatic heterocycles. The van der Waals surface area contributed by atoms with Crippen molar-refractivity contribution in [1.82, 2.24) is 9.97 Å². The summed E-state index contributed by atoms with van der Waals surface area (Å²) in [6.07, 6.45) is 3.36. The minimum absolute atomic E-state index is 0.0408. The predicted octanol–water partition coefficient (Wildman–Crippen LogP) is 6.07. The van der Waals surface area contributed by atoms with Crippen LogP contribution in [0.2, 0.25) is 0 Å². The molecule has 2 amide bonds. The third-order valence-electron chi connectivity index (χ3n) is 7.31. The summed E-state index contributed by atoms with van der Waals surface area (Å²) < 4.78 is 0. The predicted molar refractivity (Wildman–Crippen MR) is 143 cm³/mol. The van der Waals surface area contributed by atoms with Gasteiger partial charge in [-0.15, -0.1) is 0 Å². The second kappa shape index (κ2) is 8.05. The van der Waals surface area contributed by atoms with E-state index in [4.69, 9.17) is 5.73 Å². The summed E-state index contributed by atoms with van der Waals surface area (Å²) >= 11 is 0.